The molecular weight excluding hydrogens is 298 g/mol. The summed E-state index contributed by atoms with van der Waals surface area (Å²) >= 11 is 1.16. The Morgan fingerprint density at radius 1 is 1.50 bits per heavy atom. The molecule has 1 amide bonds. The van der Waals surface area contributed by atoms with Crippen LogP contribution in [0.3, 0.4) is 0 Å². The van der Waals surface area contributed by atoms with E-state index in [1.165, 1.54) is 20.2 Å². The van der Waals surface area contributed by atoms with Gasteiger partial charge in [0.05, 0.1) is 0 Å². The van der Waals surface area contributed by atoms with E-state index in [1.54, 1.807) is 10.3 Å². The van der Waals surface area contributed by atoms with Gasteiger partial charge in [-0.15, -0.1) is 11.3 Å². The summed E-state index contributed by atoms with van der Waals surface area (Å²) in [5, 5.41) is 1.63. The second kappa shape index (κ2) is 5.80. The van der Waals surface area contributed by atoms with Gasteiger partial charge in [0.1, 0.15) is 9.77 Å². The van der Waals surface area contributed by atoms with E-state index in [0.29, 0.717) is 13.1 Å². The van der Waals surface area contributed by atoms with Crippen molar-refractivity contribution in [3.8, 4) is 0 Å². The average Bonchev–Trinajstić information content (AvgIpc) is 2.87. The van der Waals surface area contributed by atoms with Crippen molar-refractivity contribution in [3.05, 3.63) is 16.3 Å². The van der Waals surface area contributed by atoms with Crippen LogP contribution < -0.4 is 5.73 Å². The molecule has 2 rings (SSSR count). The van der Waals surface area contributed by atoms with Gasteiger partial charge in [0.2, 0.25) is 10.0 Å². The molecule has 1 aliphatic heterocycles. The van der Waals surface area contributed by atoms with E-state index in [0.717, 1.165) is 28.5 Å². The Labute approximate surface area is 123 Å². The van der Waals surface area contributed by atoms with Crippen LogP contribution in [-0.4, -0.2) is 56.8 Å². The van der Waals surface area contributed by atoms with Crippen molar-refractivity contribution < 1.29 is 13.2 Å². The molecule has 0 radical (unpaired) electrons. The monoisotopic (exact) mass is 317 g/mol. The van der Waals surface area contributed by atoms with Gasteiger partial charge in [-0.25, -0.2) is 12.7 Å². The summed E-state index contributed by atoms with van der Waals surface area (Å²) in [7, 11) is -0.684. The third kappa shape index (κ3) is 2.88. The van der Waals surface area contributed by atoms with Crippen molar-refractivity contribution >= 4 is 27.3 Å². The van der Waals surface area contributed by atoms with E-state index in [2.05, 4.69) is 0 Å². The second-order valence-corrected chi connectivity index (χ2v) is 8.09. The van der Waals surface area contributed by atoms with E-state index in [4.69, 9.17) is 5.73 Å². The first-order valence-corrected chi connectivity index (χ1v) is 8.71. The minimum absolute atomic E-state index is 0.0263. The predicted octanol–water partition coefficient (Wildman–Crippen LogP) is 0.562. The fourth-order valence-corrected chi connectivity index (χ4v) is 4.45. The predicted molar refractivity (Wildman–Crippen MR) is 78.3 cm³/mol. The number of nitrogens with zero attached hydrogens (tertiary/aromatic N) is 2. The molecule has 1 unspecified atom stereocenters. The van der Waals surface area contributed by atoms with Gasteiger partial charge in [0.15, 0.2) is 0 Å². The molecule has 20 heavy (non-hydrogen) atoms. The van der Waals surface area contributed by atoms with Crippen LogP contribution in [0.25, 0.3) is 0 Å². The normalized spacial score (nSPS) is 20.4. The Kier molecular flexibility index (Phi) is 4.48. The average molecular weight is 317 g/mol. The van der Waals surface area contributed by atoms with E-state index < -0.39 is 10.0 Å². The fraction of sp³-hybridized carbons (Fsp3) is 0.583. The Hall–Kier alpha value is -0.960. The molecule has 0 aromatic carbocycles. The summed E-state index contributed by atoms with van der Waals surface area (Å²) in [5.41, 5.74) is 5.87. The molecule has 0 aliphatic carbocycles. The molecule has 6 nitrogen and oxygen atoms in total. The SMILES string of the molecule is CN(C)S(=O)(=O)c1ccsc1C(=O)N1CCCC(N)C1. The van der Waals surface area contributed by atoms with Gasteiger partial charge in [-0.2, -0.15) is 0 Å². The number of amides is 1. The summed E-state index contributed by atoms with van der Waals surface area (Å²) < 4.78 is 25.5. The minimum atomic E-state index is -3.60. The zero-order valence-electron chi connectivity index (χ0n) is 11.6. The maximum Gasteiger partial charge on any atom is 0.265 e. The van der Waals surface area contributed by atoms with Crippen LogP contribution in [0.15, 0.2) is 16.3 Å². The first-order valence-electron chi connectivity index (χ1n) is 6.39. The molecule has 112 valence electrons. The first kappa shape index (κ1) is 15.4. The van der Waals surface area contributed by atoms with Gasteiger partial charge < -0.3 is 10.6 Å². The van der Waals surface area contributed by atoms with Crippen molar-refractivity contribution in [2.24, 2.45) is 5.73 Å². The highest BCUT2D eigenvalue weighted by molar-refractivity contribution is 7.89. The third-order valence-corrected chi connectivity index (χ3v) is 6.22. The highest BCUT2D eigenvalue weighted by Gasteiger charge is 2.30. The molecule has 1 atom stereocenters. The lowest BCUT2D eigenvalue weighted by atomic mass is 10.1. The van der Waals surface area contributed by atoms with Crippen LogP contribution in [0.4, 0.5) is 0 Å². The molecule has 1 aromatic heterocycles. The van der Waals surface area contributed by atoms with Gasteiger partial charge in [-0.05, 0) is 24.3 Å². The number of thiophene rings is 1. The fourth-order valence-electron chi connectivity index (χ4n) is 2.19. The summed E-state index contributed by atoms with van der Waals surface area (Å²) in [6.45, 7) is 1.12. The molecular formula is C12H19N3O3S2. The van der Waals surface area contributed by atoms with Crippen molar-refractivity contribution in [1.29, 1.82) is 0 Å². The summed E-state index contributed by atoms with van der Waals surface area (Å²) in [4.78, 5) is 14.5. The van der Waals surface area contributed by atoms with Crippen molar-refractivity contribution in [3.63, 3.8) is 0 Å². The van der Waals surface area contributed by atoms with Crippen LogP contribution in [0.2, 0.25) is 0 Å². The number of carbonyl (C=O) groups excluding carboxylic acids is 1. The van der Waals surface area contributed by atoms with E-state index in [1.807, 2.05) is 0 Å². The Morgan fingerprint density at radius 2 is 2.20 bits per heavy atom. The second-order valence-electron chi connectivity index (χ2n) is 5.05. The summed E-state index contributed by atoms with van der Waals surface area (Å²) in [6, 6.07) is 1.46. The first-order chi connectivity index (χ1) is 9.34. The topological polar surface area (TPSA) is 83.7 Å². The van der Waals surface area contributed by atoms with E-state index in [-0.39, 0.29) is 21.7 Å². The molecule has 1 aromatic rings. The van der Waals surface area contributed by atoms with Crippen LogP contribution in [0.5, 0.6) is 0 Å². The maximum absolute atomic E-state index is 12.5. The lowest BCUT2D eigenvalue weighted by molar-refractivity contribution is 0.0710. The number of nitrogens with two attached hydrogens (primary N) is 1. The molecule has 1 aliphatic rings. The van der Waals surface area contributed by atoms with Crippen LogP contribution in [-0.2, 0) is 10.0 Å². The lowest BCUT2D eigenvalue weighted by Crippen LogP contribution is -2.45. The summed E-state index contributed by atoms with van der Waals surface area (Å²) in [5.74, 6) is -0.240. The number of sulfonamides is 1. The van der Waals surface area contributed by atoms with Crippen LogP contribution in [0, 0.1) is 0 Å². The largest absolute Gasteiger partial charge is 0.336 e. The minimum Gasteiger partial charge on any atom is -0.336 e. The van der Waals surface area contributed by atoms with E-state index >= 15 is 0 Å². The van der Waals surface area contributed by atoms with Crippen molar-refractivity contribution in [2.75, 3.05) is 27.2 Å². The van der Waals surface area contributed by atoms with Gasteiger partial charge >= 0.3 is 0 Å². The zero-order chi connectivity index (χ0) is 14.9. The molecule has 8 heteroatoms. The number of carbonyl (C=O) groups is 1. The van der Waals surface area contributed by atoms with Gasteiger partial charge in [0.25, 0.3) is 5.91 Å². The molecule has 0 saturated carbocycles. The molecule has 2 N–H and O–H groups in total. The molecule has 1 saturated heterocycles. The third-order valence-electron chi connectivity index (χ3n) is 3.33. The quantitative estimate of drug-likeness (QED) is 0.883. The van der Waals surface area contributed by atoms with Gasteiger partial charge in [0, 0.05) is 33.2 Å². The van der Waals surface area contributed by atoms with Gasteiger partial charge in [-0.1, -0.05) is 0 Å². The highest BCUT2D eigenvalue weighted by atomic mass is 32.2. The lowest BCUT2D eigenvalue weighted by Gasteiger charge is -2.30. The standard InChI is InChI=1S/C12H19N3O3S2/c1-14(2)20(17,18)10-5-7-19-11(10)12(16)15-6-3-4-9(13)8-15/h5,7,9H,3-4,6,8,13H2,1-2H3. The molecule has 1 fully saturated rings. The number of hydrogen-bond donors (Lipinski definition) is 1. The number of likely N-dealkylation sites (tertiary alicyclic amines) is 1. The van der Waals surface area contributed by atoms with Gasteiger partial charge in [-0.3, -0.25) is 4.79 Å². The zero-order valence-corrected chi connectivity index (χ0v) is 13.2. The van der Waals surface area contributed by atoms with Crippen molar-refractivity contribution in [1.82, 2.24) is 9.21 Å². The number of rotatable bonds is 3. The smallest absolute Gasteiger partial charge is 0.265 e. The number of piperidine rings is 1. The van der Waals surface area contributed by atoms with Crippen molar-refractivity contribution in [2.45, 2.75) is 23.8 Å². The molecule has 0 bridgehead atoms. The van der Waals surface area contributed by atoms with Crippen LogP contribution >= 0.6 is 11.3 Å². The molecule has 2 heterocycles. The van der Waals surface area contributed by atoms with E-state index in [9.17, 15) is 13.2 Å². The highest BCUT2D eigenvalue weighted by Crippen LogP contribution is 2.26. The maximum atomic E-state index is 12.5. The number of hydrogen-bond acceptors (Lipinski definition) is 5. The Bertz CT molecular complexity index is 595. The Morgan fingerprint density at radius 3 is 2.80 bits per heavy atom. The molecule has 0 spiro atoms. The van der Waals surface area contributed by atoms with Crippen LogP contribution in [0.1, 0.15) is 22.5 Å². The summed E-state index contributed by atoms with van der Waals surface area (Å²) in [6.07, 6.45) is 1.76. The Balaban J connectivity index is 2.31.